The number of amides is 3. The van der Waals surface area contributed by atoms with Gasteiger partial charge in [0.05, 0.1) is 10.7 Å². The first kappa shape index (κ1) is 18.0. The Morgan fingerprint density at radius 1 is 1.16 bits per heavy atom. The number of pyridine rings is 1. The highest BCUT2D eigenvalue weighted by molar-refractivity contribution is 7.80. The van der Waals surface area contributed by atoms with E-state index in [1.165, 1.54) is 4.90 Å². The highest BCUT2D eigenvalue weighted by atomic mass is 35.5. The van der Waals surface area contributed by atoms with E-state index < -0.39 is 11.6 Å². The van der Waals surface area contributed by atoms with Crippen LogP contribution in [0.2, 0.25) is 10.2 Å². The van der Waals surface area contributed by atoms with E-state index in [1.54, 1.807) is 50.4 Å². The van der Waals surface area contributed by atoms with Gasteiger partial charge in [0.1, 0.15) is 10.7 Å². The minimum Gasteiger partial charge on any atom is -0.305 e. The van der Waals surface area contributed by atoms with Gasteiger partial charge in [-0.3, -0.25) is 4.79 Å². The van der Waals surface area contributed by atoms with Crippen LogP contribution < -0.4 is 4.90 Å². The topological polar surface area (TPSA) is 53.5 Å². The average molecular weight is 396 g/mol. The summed E-state index contributed by atoms with van der Waals surface area (Å²) in [6, 6.07) is 7.88. The lowest BCUT2D eigenvalue weighted by Gasteiger charge is -2.27. The third-order valence-electron chi connectivity index (χ3n) is 4.14. The number of carbonyl (C=O) groups is 2. The average Bonchev–Trinajstić information content (AvgIpc) is 2.71. The Morgan fingerprint density at radius 3 is 2.52 bits per heavy atom. The molecule has 0 N–H and O–H groups in total. The van der Waals surface area contributed by atoms with E-state index in [0.717, 1.165) is 10.5 Å². The van der Waals surface area contributed by atoms with E-state index in [4.69, 9.17) is 23.2 Å². The molecule has 1 saturated heterocycles. The number of hydrogen-bond donors (Lipinski definition) is 1. The number of urea groups is 1. The SMILES string of the molecule is CC1(C)C(=O)N(c2ccc(S)c(Cl)c2)C(=O)N1Cc1ccnc(Cl)c1. The van der Waals surface area contributed by atoms with Crippen molar-refractivity contribution in [2.24, 2.45) is 0 Å². The Balaban J connectivity index is 1.97. The molecule has 0 saturated carbocycles. The Labute approximate surface area is 160 Å². The summed E-state index contributed by atoms with van der Waals surface area (Å²) in [7, 11) is 0. The van der Waals surface area contributed by atoms with Crippen LogP contribution in [0.15, 0.2) is 41.4 Å². The maximum Gasteiger partial charge on any atom is 0.332 e. The van der Waals surface area contributed by atoms with Crippen LogP contribution in [-0.2, 0) is 11.3 Å². The Bertz CT molecular complexity index is 873. The maximum absolute atomic E-state index is 12.9. The van der Waals surface area contributed by atoms with Crippen molar-refractivity contribution in [2.75, 3.05) is 4.90 Å². The van der Waals surface area contributed by atoms with Crippen LogP contribution in [0.4, 0.5) is 10.5 Å². The standard InChI is InChI=1S/C17H15Cl2N3O2S/c1-17(2)15(23)22(11-3-4-13(25)12(18)8-11)16(24)21(17)9-10-5-6-20-14(19)7-10/h3-8,25H,9H2,1-2H3. The Hall–Kier alpha value is -1.76. The van der Waals surface area contributed by atoms with Crippen LogP contribution in [0.3, 0.4) is 0 Å². The van der Waals surface area contributed by atoms with E-state index in [-0.39, 0.29) is 12.5 Å². The molecule has 0 unspecified atom stereocenters. The minimum atomic E-state index is -1.00. The van der Waals surface area contributed by atoms with Crippen LogP contribution in [-0.4, -0.2) is 27.4 Å². The molecular formula is C17H15Cl2N3O2S. The lowest BCUT2D eigenvalue weighted by Crippen LogP contribution is -2.43. The third-order valence-corrected chi connectivity index (χ3v) is 5.19. The van der Waals surface area contributed by atoms with Crippen molar-refractivity contribution in [1.82, 2.24) is 9.88 Å². The van der Waals surface area contributed by atoms with Gasteiger partial charge in [-0.2, -0.15) is 0 Å². The zero-order chi connectivity index (χ0) is 18.4. The molecule has 130 valence electrons. The van der Waals surface area contributed by atoms with Gasteiger partial charge in [0.15, 0.2) is 0 Å². The second kappa shape index (κ2) is 6.52. The van der Waals surface area contributed by atoms with Crippen LogP contribution in [0.25, 0.3) is 0 Å². The van der Waals surface area contributed by atoms with Gasteiger partial charge >= 0.3 is 6.03 Å². The predicted octanol–water partition coefficient (Wildman–Crippen LogP) is 4.42. The Kier molecular flexibility index (Phi) is 4.70. The van der Waals surface area contributed by atoms with E-state index >= 15 is 0 Å². The lowest BCUT2D eigenvalue weighted by molar-refractivity contribution is -0.123. The number of carbonyl (C=O) groups excluding carboxylic acids is 2. The van der Waals surface area contributed by atoms with Crippen LogP contribution in [0.5, 0.6) is 0 Å². The number of benzene rings is 1. The smallest absolute Gasteiger partial charge is 0.305 e. The molecule has 3 rings (SSSR count). The van der Waals surface area contributed by atoms with Gasteiger partial charge in [-0.1, -0.05) is 23.2 Å². The first-order valence-electron chi connectivity index (χ1n) is 7.47. The van der Waals surface area contributed by atoms with Crippen molar-refractivity contribution >= 4 is 53.5 Å². The molecule has 0 atom stereocenters. The normalized spacial score (nSPS) is 16.7. The van der Waals surface area contributed by atoms with Crippen molar-refractivity contribution in [2.45, 2.75) is 30.8 Å². The molecule has 3 amide bonds. The molecule has 1 aromatic carbocycles. The summed E-state index contributed by atoms with van der Waals surface area (Å²) in [4.78, 5) is 33.0. The zero-order valence-electron chi connectivity index (χ0n) is 13.5. The molecule has 2 aromatic rings. The summed E-state index contributed by atoms with van der Waals surface area (Å²) < 4.78 is 0. The summed E-state index contributed by atoms with van der Waals surface area (Å²) in [5, 5.41) is 0.708. The van der Waals surface area contributed by atoms with Crippen LogP contribution in [0, 0.1) is 0 Å². The van der Waals surface area contributed by atoms with Gasteiger partial charge < -0.3 is 4.90 Å². The highest BCUT2D eigenvalue weighted by Crippen LogP contribution is 2.35. The number of nitrogens with zero attached hydrogens (tertiary/aromatic N) is 3. The van der Waals surface area contributed by atoms with Crippen molar-refractivity contribution in [3.63, 3.8) is 0 Å². The van der Waals surface area contributed by atoms with Gasteiger partial charge in [-0.25, -0.2) is 14.7 Å². The number of anilines is 1. The fourth-order valence-electron chi connectivity index (χ4n) is 2.69. The van der Waals surface area contributed by atoms with Gasteiger partial charge in [-0.15, -0.1) is 12.6 Å². The molecule has 25 heavy (non-hydrogen) atoms. The lowest BCUT2D eigenvalue weighted by atomic mass is 10.0. The molecule has 5 nitrogen and oxygen atoms in total. The molecule has 1 aromatic heterocycles. The summed E-state index contributed by atoms with van der Waals surface area (Å²) >= 11 is 16.2. The number of halogens is 2. The van der Waals surface area contributed by atoms with Crippen LogP contribution >= 0.6 is 35.8 Å². The highest BCUT2D eigenvalue weighted by Gasteiger charge is 2.51. The largest absolute Gasteiger partial charge is 0.332 e. The summed E-state index contributed by atoms with van der Waals surface area (Å²) in [5.41, 5.74) is 0.208. The molecule has 2 heterocycles. The molecule has 1 aliphatic rings. The van der Waals surface area contributed by atoms with Crippen molar-refractivity contribution in [3.05, 3.63) is 52.3 Å². The number of thiol groups is 1. The van der Waals surface area contributed by atoms with Crippen molar-refractivity contribution in [1.29, 1.82) is 0 Å². The second-order valence-corrected chi connectivity index (χ2v) is 7.47. The molecule has 1 fully saturated rings. The molecule has 0 spiro atoms. The maximum atomic E-state index is 12.9. The van der Waals surface area contributed by atoms with E-state index in [1.807, 2.05) is 0 Å². The van der Waals surface area contributed by atoms with E-state index in [2.05, 4.69) is 17.6 Å². The molecule has 8 heteroatoms. The summed E-state index contributed by atoms with van der Waals surface area (Å²) in [6.45, 7) is 3.67. The number of hydrogen-bond acceptors (Lipinski definition) is 4. The van der Waals surface area contributed by atoms with Gasteiger partial charge in [-0.05, 0) is 49.7 Å². The van der Waals surface area contributed by atoms with Crippen LogP contribution in [0.1, 0.15) is 19.4 Å². The minimum absolute atomic E-state index is 0.245. The number of aromatic nitrogens is 1. The zero-order valence-corrected chi connectivity index (χ0v) is 15.9. The molecule has 0 bridgehead atoms. The van der Waals surface area contributed by atoms with Crippen molar-refractivity contribution < 1.29 is 9.59 Å². The predicted molar refractivity (Wildman–Crippen MR) is 100 cm³/mol. The van der Waals surface area contributed by atoms with Gasteiger partial charge in [0, 0.05) is 17.6 Å². The van der Waals surface area contributed by atoms with Gasteiger partial charge in [0.2, 0.25) is 0 Å². The Morgan fingerprint density at radius 2 is 1.88 bits per heavy atom. The molecule has 0 aliphatic carbocycles. The quantitative estimate of drug-likeness (QED) is 0.475. The first-order valence-corrected chi connectivity index (χ1v) is 8.67. The van der Waals surface area contributed by atoms with E-state index in [9.17, 15) is 9.59 Å². The molecular weight excluding hydrogens is 381 g/mol. The van der Waals surface area contributed by atoms with Gasteiger partial charge in [0.25, 0.3) is 5.91 Å². The second-order valence-electron chi connectivity index (χ2n) is 6.19. The third kappa shape index (κ3) is 3.21. The molecule has 0 radical (unpaired) electrons. The fourth-order valence-corrected chi connectivity index (χ4v) is 3.20. The van der Waals surface area contributed by atoms with Crippen molar-refractivity contribution in [3.8, 4) is 0 Å². The fraction of sp³-hybridized carbons (Fsp3) is 0.235. The summed E-state index contributed by atoms with van der Waals surface area (Å²) in [5.74, 6) is -0.319. The number of imide groups is 1. The number of rotatable bonds is 3. The molecule has 1 aliphatic heterocycles. The first-order chi connectivity index (χ1) is 11.7. The monoisotopic (exact) mass is 395 g/mol. The summed E-state index contributed by atoms with van der Waals surface area (Å²) in [6.07, 6.45) is 1.57. The van der Waals surface area contributed by atoms with E-state index in [0.29, 0.717) is 20.8 Å².